The van der Waals surface area contributed by atoms with E-state index in [1.807, 2.05) is 0 Å². The van der Waals surface area contributed by atoms with Crippen molar-refractivity contribution in [2.24, 2.45) is 5.11 Å². The van der Waals surface area contributed by atoms with Crippen LogP contribution in [0.5, 0.6) is 0 Å². The monoisotopic (exact) mass is 347 g/mol. The van der Waals surface area contributed by atoms with Crippen molar-refractivity contribution in [2.45, 2.75) is 49.7 Å². The number of rotatable bonds is 4. The molecule has 9 nitrogen and oxygen atoms in total. The lowest BCUT2D eigenvalue weighted by molar-refractivity contribution is -0.208. The minimum absolute atomic E-state index is 0.868. The molecule has 2 aliphatic heterocycles. The molecule has 0 aromatic heterocycles. The van der Waals surface area contributed by atoms with Crippen LogP contribution in [0.1, 0.15) is 13.8 Å². The van der Waals surface area contributed by atoms with Crippen molar-refractivity contribution < 1.29 is 40.0 Å². The highest BCUT2D eigenvalue weighted by molar-refractivity contribution is 7.87. The minimum atomic E-state index is -5.77. The van der Waals surface area contributed by atoms with Gasteiger partial charge in [0.1, 0.15) is 6.10 Å². The maximum atomic E-state index is 12.2. The van der Waals surface area contributed by atoms with Crippen LogP contribution in [0.4, 0.5) is 13.2 Å². The second-order valence-electron chi connectivity index (χ2n) is 5.02. The molecule has 1 unspecified atom stereocenters. The summed E-state index contributed by atoms with van der Waals surface area (Å²) in [6.45, 7) is 2.16. The molecule has 2 rings (SSSR count). The zero-order valence-corrected chi connectivity index (χ0v) is 12.2. The SMILES string of the molecule is CC1(C)OC2O[C@H](COS(=O)(=O)C(F)(F)F)[C@H](N=[N+]=[N-])[C@H]2O1. The van der Waals surface area contributed by atoms with Crippen molar-refractivity contribution >= 4 is 10.1 Å². The fraction of sp³-hybridized carbons (Fsp3) is 1.00. The first-order valence-corrected chi connectivity index (χ1v) is 7.39. The van der Waals surface area contributed by atoms with Gasteiger partial charge in [-0.15, -0.1) is 0 Å². The maximum absolute atomic E-state index is 12.2. The third-order valence-corrected chi connectivity index (χ3v) is 3.98. The van der Waals surface area contributed by atoms with E-state index in [-0.39, 0.29) is 0 Å². The first kappa shape index (κ1) is 17.2. The summed E-state index contributed by atoms with van der Waals surface area (Å²) in [6.07, 6.45) is -3.11. The third kappa shape index (κ3) is 3.29. The van der Waals surface area contributed by atoms with E-state index >= 15 is 0 Å². The lowest BCUT2D eigenvalue weighted by Crippen LogP contribution is -2.37. The Morgan fingerprint density at radius 1 is 1.36 bits per heavy atom. The van der Waals surface area contributed by atoms with Gasteiger partial charge in [0.15, 0.2) is 12.1 Å². The van der Waals surface area contributed by atoms with Crippen LogP contribution in [-0.4, -0.2) is 50.9 Å². The van der Waals surface area contributed by atoms with Crippen LogP contribution in [0.3, 0.4) is 0 Å². The highest BCUT2D eigenvalue weighted by Gasteiger charge is 2.55. The van der Waals surface area contributed by atoms with Crippen molar-refractivity contribution in [3.63, 3.8) is 0 Å². The summed E-state index contributed by atoms with van der Waals surface area (Å²) in [5, 5.41) is 3.37. The third-order valence-electron chi connectivity index (χ3n) is 2.97. The molecular formula is C9H12F3N3O6S. The number of ether oxygens (including phenoxy) is 3. The molecule has 0 aromatic rings. The lowest BCUT2D eigenvalue weighted by atomic mass is 10.1. The number of azide groups is 1. The summed E-state index contributed by atoms with van der Waals surface area (Å²) in [4.78, 5) is 2.55. The van der Waals surface area contributed by atoms with Gasteiger partial charge in [-0.25, -0.2) is 0 Å². The summed E-state index contributed by atoms with van der Waals surface area (Å²) in [6, 6.07) is -1.08. The molecule has 2 fully saturated rings. The van der Waals surface area contributed by atoms with E-state index in [1.165, 1.54) is 0 Å². The molecule has 2 aliphatic rings. The van der Waals surface area contributed by atoms with E-state index in [4.69, 9.17) is 19.7 Å². The molecule has 0 amide bonds. The van der Waals surface area contributed by atoms with Crippen LogP contribution in [0.25, 0.3) is 10.4 Å². The number of halogens is 3. The molecule has 0 aliphatic carbocycles. The molecule has 2 saturated heterocycles. The Bertz CT molecular complexity index is 588. The van der Waals surface area contributed by atoms with Crippen LogP contribution in [0.2, 0.25) is 0 Å². The van der Waals surface area contributed by atoms with Gasteiger partial charge in [0.05, 0.1) is 18.8 Å². The number of alkyl halides is 3. The molecule has 126 valence electrons. The Morgan fingerprint density at radius 2 is 2.00 bits per heavy atom. The summed E-state index contributed by atoms with van der Waals surface area (Å²) in [5.74, 6) is -1.03. The normalized spacial score (nSPS) is 34.2. The van der Waals surface area contributed by atoms with Crippen molar-refractivity contribution in [3.8, 4) is 0 Å². The number of nitrogens with zero attached hydrogens (tertiary/aromatic N) is 3. The first-order chi connectivity index (χ1) is 9.97. The van der Waals surface area contributed by atoms with Crippen LogP contribution >= 0.6 is 0 Å². The fourth-order valence-corrected chi connectivity index (χ4v) is 2.57. The Hall–Kier alpha value is -1.11. The minimum Gasteiger partial charge on any atom is -0.344 e. The second kappa shape index (κ2) is 5.51. The zero-order chi connectivity index (χ0) is 16.8. The van der Waals surface area contributed by atoms with Gasteiger partial charge in [-0.1, -0.05) is 5.11 Å². The summed E-state index contributed by atoms with van der Waals surface area (Å²) in [7, 11) is -5.77. The van der Waals surface area contributed by atoms with Crippen LogP contribution in [0, 0.1) is 0 Å². The van der Waals surface area contributed by atoms with E-state index in [0.717, 1.165) is 0 Å². The molecule has 0 spiro atoms. The van der Waals surface area contributed by atoms with Crippen molar-refractivity contribution in [1.82, 2.24) is 0 Å². The smallest absolute Gasteiger partial charge is 0.344 e. The molecule has 4 atom stereocenters. The molecule has 2 heterocycles. The van der Waals surface area contributed by atoms with Gasteiger partial charge in [-0.05, 0) is 19.4 Å². The maximum Gasteiger partial charge on any atom is 0.523 e. The van der Waals surface area contributed by atoms with Gasteiger partial charge < -0.3 is 14.2 Å². The average molecular weight is 347 g/mol. The van der Waals surface area contributed by atoms with E-state index in [9.17, 15) is 21.6 Å². The predicted octanol–water partition coefficient (Wildman–Crippen LogP) is 1.41. The molecule has 13 heteroatoms. The zero-order valence-electron chi connectivity index (χ0n) is 11.3. The van der Waals surface area contributed by atoms with Crippen LogP contribution in [0.15, 0.2) is 5.11 Å². The van der Waals surface area contributed by atoms with Crippen molar-refractivity contribution in [1.29, 1.82) is 0 Å². The van der Waals surface area contributed by atoms with Gasteiger partial charge >= 0.3 is 15.6 Å². The van der Waals surface area contributed by atoms with Gasteiger partial charge in [-0.2, -0.15) is 21.6 Å². The Kier molecular flexibility index (Phi) is 4.32. The van der Waals surface area contributed by atoms with Gasteiger partial charge in [0.25, 0.3) is 0 Å². The molecule has 0 radical (unpaired) electrons. The second-order valence-corrected chi connectivity index (χ2v) is 6.63. The van der Waals surface area contributed by atoms with Crippen LogP contribution in [-0.2, 0) is 28.5 Å². The topological polar surface area (TPSA) is 120 Å². The highest BCUT2D eigenvalue weighted by atomic mass is 32.2. The van der Waals surface area contributed by atoms with E-state index in [2.05, 4.69) is 14.2 Å². The first-order valence-electron chi connectivity index (χ1n) is 5.98. The van der Waals surface area contributed by atoms with Gasteiger partial charge in [-0.3, -0.25) is 4.18 Å². The Labute approximate surface area is 123 Å². The molecular weight excluding hydrogens is 335 g/mol. The van der Waals surface area contributed by atoms with E-state index in [1.54, 1.807) is 13.8 Å². The van der Waals surface area contributed by atoms with Crippen LogP contribution < -0.4 is 0 Å². The Balaban J connectivity index is 2.08. The van der Waals surface area contributed by atoms with E-state index < -0.39 is 52.6 Å². The van der Waals surface area contributed by atoms with Crippen molar-refractivity contribution in [2.75, 3.05) is 6.61 Å². The number of hydrogen-bond donors (Lipinski definition) is 0. The standard InChI is InChI=1S/C9H12F3N3O6S/c1-8(2)20-6-5(14-15-13)4(19-7(6)21-8)3-18-22(16,17)9(10,11)12/h4-7H,3H2,1-2H3/t4-,5+,6-,7?/m1/s1. The quantitative estimate of drug-likeness (QED) is 0.249. The molecule has 0 bridgehead atoms. The Morgan fingerprint density at radius 3 is 2.55 bits per heavy atom. The van der Waals surface area contributed by atoms with Gasteiger partial charge in [0, 0.05) is 4.91 Å². The molecule has 0 aromatic carbocycles. The van der Waals surface area contributed by atoms with Crippen molar-refractivity contribution in [3.05, 3.63) is 10.4 Å². The summed E-state index contributed by atoms with van der Waals surface area (Å²) in [5.41, 5.74) is 2.97. The average Bonchev–Trinajstić information content (AvgIpc) is 2.79. The molecule has 0 saturated carbocycles. The molecule has 22 heavy (non-hydrogen) atoms. The number of fused-ring (bicyclic) bond motifs is 1. The predicted molar refractivity (Wildman–Crippen MR) is 62.6 cm³/mol. The van der Waals surface area contributed by atoms with Gasteiger partial charge in [0.2, 0.25) is 0 Å². The molecule has 0 N–H and O–H groups in total. The largest absolute Gasteiger partial charge is 0.523 e. The van der Waals surface area contributed by atoms with E-state index in [0.29, 0.717) is 0 Å². The summed E-state index contributed by atoms with van der Waals surface area (Å²) < 4.78 is 78.2. The summed E-state index contributed by atoms with van der Waals surface area (Å²) >= 11 is 0. The number of hydrogen-bond acceptors (Lipinski definition) is 7. The fourth-order valence-electron chi connectivity index (χ4n) is 2.12. The highest BCUT2D eigenvalue weighted by Crippen LogP contribution is 2.39. The lowest BCUT2D eigenvalue weighted by Gasteiger charge is -2.23.